The molecule has 1 aromatic rings. The largest absolute Gasteiger partial charge is 0.478 e. The fourth-order valence-electron chi connectivity index (χ4n) is 2.68. The van der Waals surface area contributed by atoms with E-state index in [1.54, 1.807) is 0 Å². The molecule has 0 saturated carbocycles. The first-order chi connectivity index (χ1) is 9.81. The number of para-hydroxylation sites is 1. The molecule has 108 valence electrons. The number of nitriles is 1. The Hall–Kier alpha value is -1.57. The molecule has 1 heterocycles. The van der Waals surface area contributed by atoms with Gasteiger partial charge in [0.05, 0.1) is 0 Å². The van der Waals surface area contributed by atoms with Crippen LogP contribution in [0.1, 0.15) is 24.8 Å². The summed E-state index contributed by atoms with van der Waals surface area (Å²) in [6, 6.07) is 10.5. The van der Waals surface area contributed by atoms with Crippen LogP contribution in [0.3, 0.4) is 0 Å². The molecule has 4 nitrogen and oxygen atoms in total. The van der Waals surface area contributed by atoms with Crippen molar-refractivity contribution in [2.45, 2.75) is 31.8 Å². The molecule has 1 N–H and O–H groups in total. The minimum Gasteiger partial charge on any atom is -0.478 e. The molecule has 1 saturated heterocycles. The highest BCUT2D eigenvalue weighted by Crippen LogP contribution is 2.18. The van der Waals surface area contributed by atoms with Gasteiger partial charge in [-0.15, -0.1) is 0 Å². The lowest BCUT2D eigenvalue weighted by molar-refractivity contribution is 0.181. The minimum atomic E-state index is 0.0996. The van der Waals surface area contributed by atoms with Crippen molar-refractivity contribution < 1.29 is 4.74 Å². The molecular formula is C16H23N3O. The van der Waals surface area contributed by atoms with Gasteiger partial charge in [0, 0.05) is 24.7 Å². The maximum absolute atomic E-state index is 8.60. The van der Waals surface area contributed by atoms with Gasteiger partial charge in [0.15, 0.2) is 6.61 Å². The van der Waals surface area contributed by atoms with Crippen LogP contribution >= 0.6 is 0 Å². The summed E-state index contributed by atoms with van der Waals surface area (Å²) in [5.74, 6) is 0.804. The molecular weight excluding hydrogens is 250 g/mol. The van der Waals surface area contributed by atoms with Gasteiger partial charge in [-0.25, -0.2) is 0 Å². The zero-order valence-electron chi connectivity index (χ0n) is 12.1. The third kappa shape index (κ3) is 4.22. The van der Waals surface area contributed by atoms with E-state index in [0.29, 0.717) is 6.04 Å². The van der Waals surface area contributed by atoms with Gasteiger partial charge in [0.2, 0.25) is 0 Å². The summed E-state index contributed by atoms with van der Waals surface area (Å²) in [6.07, 6.45) is 3.92. The second-order valence-corrected chi connectivity index (χ2v) is 5.32. The monoisotopic (exact) mass is 273 g/mol. The van der Waals surface area contributed by atoms with Gasteiger partial charge in [-0.1, -0.05) is 24.6 Å². The Morgan fingerprint density at radius 3 is 3.05 bits per heavy atom. The molecule has 1 aromatic carbocycles. The zero-order valence-corrected chi connectivity index (χ0v) is 12.1. The predicted molar refractivity (Wildman–Crippen MR) is 79.5 cm³/mol. The van der Waals surface area contributed by atoms with E-state index in [4.69, 9.17) is 10.00 Å². The standard InChI is InChI=1S/C16H23N3O/c1-19-10-5-4-7-15(19)13-18-12-14-6-2-3-8-16(14)20-11-9-17/h2-3,6,8,15,18H,4-5,7,10-13H2,1H3. The topological polar surface area (TPSA) is 48.3 Å². The molecule has 4 heteroatoms. The number of piperidine rings is 1. The van der Waals surface area contributed by atoms with Crippen LogP contribution in [0, 0.1) is 11.3 Å². The van der Waals surface area contributed by atoms with Gasteiger partial charge in [-0.2, -0.15) is 5.26 Å². The van der Waals surface area contributed by atoms with Gasteiger partial charge in [0.1, 0.15) is 11.8 Å². The number of hydrogen-bond donors (Lipinski definition) is 1. The van der Waals surface area contributed by atoms with E-state index in [9.17, 15) is 0 Å². The third-order valence-electron chi connectivity index (χ3n) is 3.88. The van der Waals surface area contributed by atoms with E-state index in [1.807, 2.05) is 30.3 Å². The number of hydrogen-bond acceptors (Lipinski definition) is 4. The number of nitrogens with one attached hydrogen (secondary N) is 1. The number of nitrogens with zero attached hydrogens (tertiary/aromatic N) is 2. The molecule has 1 atom stereocenters. The molecule has 0 aromatic heterocycles. The Bertz CT molecular complexity index is 455. The van der Waals surface area contributed by atoms with E-state index in [-0.39, 0.29) is 6.61 Å². The van der Waals surface area contributed by atoms with Gasteiger partial charge in [-0.05, 0) is 32.5 Å². The molecule has 2 rings (SSSR count). The van der Waals surface area contributed by atoms with Crippen molar-refractivity contribution in [1.82, 2.24) is 10.2 Å². The van der Waals surface area contributed by atoms with E-state index < -0.39 is 0 Å². The lowest BCUT2D eigenvalue weighted by Crippen LogP contribution is -2.42. The van der Waals surface area contributed by atoms with E-state index >= 15 is 0 Å². The Kier molecular flexibility index (Phi) is 5.85. The van der Waals surface area contributed by atoms with Crippen molar-refractivity contribution in [3.8, 4) is 11.8 Å². The normalized spacial score (nSPS) is 19.5. The molecule has 20 heavy (non-hydrogen) atoms. The molecule has 0 amide bonds. The molecule has 1 aliphatic heterocycles. The fraction of sp³-hybridized carbons (Fsp3) is 0.562. The quantitative estimate of drug-likeness (QED) is 0.863. The summed E-state index contributed by atoms with van der Waals surface area (Å²) in [5, 5.41) is 12.1. The maximum Gasteiger partial charge on any atom is 0.174 e. The van der Waals surface area contributed by atoms with Crippen molar-refractivity contribution in [2.24, 2.45) is 0 Å². The Morgan fingerprint density at radius 1 is 1.40 bits per heavy atom. The fourth-order valence-corrected chi connectivity index (χ4v) is 2.68. The van der Waals surface area contributed by atoms with Gasteiger partial charge in [-0.3, -0.25) is 0 Å². The third-order valence-corrected chi connectivity index (χ3v) is 3.88. The van der Waals surface area contributed by atoms with Crippen LogP contribution in [0.4, 0.5) is 0 Å². The van der Waals surface area contributed by atoms with Crippen LogP contribution in [0.2, 0.25) is 0 Å². The SMILES string of the molecule is CN1CCCCC1CNCc1ccccc1OCC#N. The zero-order chi connectivity index (χ0) is 14.2. The van der Waals surface area contributed by atoms with Crippen LogP contribution in [0.15, 0.2) is 24.3 Å². The first kappa shape index (κ1) is 14.8. The molecule has 1 unspecified atom stereocenters. The second kappa shape index (κ2) is 7.88. The lowest BCUT2D eigenvalue weighted by Gasteiger charge is -2.32. The molecule has 0 radical (unpaired) electrons. The molecule has 1 fully saturated rings. The van der Waals surface area contributed by atoms with E-state index in [1.165, 1.54) is 25.8 Å². The Morgan fingerprint density at radius 2 is 2.25 bits per heavy atom. The number of likely N-dealkylation sites (N-methyl/N-ethyl adjacent to an activating group) is 1. The number of benzene rings is 1. The molecule has 1 aliphatic rings. The average Bonchev–Trinajstić information content (AvgIpc) is 2.48. The summed E-state index contributed by atoms with van der Waals surface area (Å²) in [7, 11) is 2.20. The number of rotatable bonds is 6. The predicted octanol–water partition coefficient (Wildman–Crippen LogP) is 2.16. The van der Waals surface area contributed by atoms with E-state index in [2.05, 4.69) is 17.3 Å². The Labute approximate surface area is 121 Å². The van der Waals surface area contributed by atoms with Crippen molar-refractivity contribution in [3.63, 3.8) is 0 Å². The summed E-state index contributed by atoms with van der Waals surface area (Å²) in [4.78, 5) is 2.44. The van der Waals surface area contributed by atoms with E-state index in [0.717, 1.165) is 24.4 Å². The smallest absolute Gasteiger partial charge is 0.174 e. The van der Waals surface area contributed by atoms with Crippen LogP contribution in [0.25, 0.3) is 0 Å². The van der Waals surface area contributed by atoms with Gasteiger partial charge >= 0.3 is 0 Å². The van der Waals surface area contributed by atoms with Crippen LogP contribution < -0.4 is 10.1 Å². The van der Waals surface area contributed by atoms with Crippen LogP contribution in [-0.2, 0) is 6.54 Å². The number of ether oxygens (including phenoxy) is 1. The minimum absolute atomic E-state index is 0.0996. The van der Waals surface area contributed by atoms with Gasteiger partial charge < -0.3 is 15.0 Å². The molecule has 0 bridgehead atoms. The van der Waals surface area contributed by atoms with Crippen molar-refractivity contribution in [1.29, 1.82) is 5.26 Å². The lowest BCUT2D eigenvalue weighted by atomic mass is 10.0. The highest BCUT2D eigenvalue weighted by atomic mass is 16.5. The Balaban J connectivity index is 1.83. The van der Waals surface area contributed by atoms with Crippen LogP contribution in [0.5, 0.6) is 5.75 Å². The first-order valence-corrected chi connectivity index (χ1v) is 7.30. The van der Waals surface area contributed by atoms with Crippen LogP contribution in [-0.4, -0.2) is 37.7 Å². The number of likely N-dealkylation sites (tertiary alicyclic amines) is 1. The highest BCUT2D eigenvalue weighted by Gasteiger charge is 2.18. The summed E-state index contributed by atoms with van der Waals surface area (Å²) in [6.45, 7) is 3.09. The molecule has 0 spiro atoms. The summed E-state index contributed by atoms with van der Waals surface area (Å²) < 4.78 is 5.44. The summed E-state index contributed by atoms with van der Waals surface area (Å²) in [5.41, 5.74) is 1.11. The van der Waals surface area contributed by atoms with Crippen molar-refractivity contribution >= 4 is 0 Å². The van der Waals surface area contributed by atoms with Crippen molar-refractivity contribution in [3.05, 3.63) is 29.8 Å². The highest BCUT2D eigenvalue weighted by molar-refractivity contribution is 5.33. The second-order valence-electron chi connectivity index (χ2n) is 5.32. The first-order valence-electron chi connectivity index (χ1n) is 7.30. The average molecular weight is 273 g/mol. The van der Waals surface area contributed by atoms with Crippen molar-refractivity contribution in [2.75, 3.05) is 26.7 Å². The summed E-state index contributed by atoms with van der Waals surface area (Å²) >= 11 is 0. The van der Waals surface area contributed by atoms with Gasteiger partial charge in [0.25, 0.3) is 0 Å². The molecule has 0 aliphatic carbocycles. The maximum atomic E-state index is 8.60.